The summed E-state index contributed by atoms with van der Waals surface area (Å²) in [6, 6.07) is 22.9. The standard InChI is InChI=1S/C29H32N6O2S/c1-38(36,37)16-15-30-14-6-5-7-22-10-12-27-26(17-22)29(32-21-31-27)34-25-11-13-28-24(18-25)19-33-35(28)20-23-8-3-2-4-9-23/h2-4,8-13,17-19,21,30H,5-7,14-16,20H2,1H3,(H,31,32,34). The summed E-state index contributed by atoms with van der Waals surface area (Å²) in [5.41, 5.74) is 5.36. The number of sulfone groups is 1. The lowest BCUT2D eigenvalue weighted by molar-refractivity contribution is 0.592. The van der Waals surface area contributed by atoms with E-state index in [9.17, 15) is 8.42 Å². The fraction of sp³-hybridized carbons (Fsp3) is 0.276. The van der Waals surface area contributed by atoms with E-state index < -0.39 is 9.84 Å². The molecule has 0 radical (unpaired) electrons. The van der Waals surface area contributed by atoms with E-state index in [1.165, 1.54) is 17.4 Å². The zero-order valence-electron chi connectivity index (χ0n) is 21.5. The lowest BCUT2D eigenvalue weighted by Gasteiger charge is -2.11. The van der Waals surface area contributed by atoms with Crippen molar-refractivity contribution in [2.24, 2.45) is 0 Å². The second kappa shape index (κ2) is 11.7. The van der Waals surface area contributed by atoms with Crippen LogP contribution in [-0.2, 0) is 22.8 Å². The van der Waals surface area contributed by atoms with Crippen molar-refractivity contribution in [1.82, 2.24) is 25.1 Å². The monoisotopic (exact) mass is 528 g/mol. The second-order valence-electron chi connectivity index (χ2n) is 9.60. The summed E-state index contributed by atoms with van der Waals surface area (Å²) in [6.07, 6.45) is 7.68. The molecule has 0 saturated carbocycles. The average Bonchev–Trinajstić information content (AvgIpc) is 3.30. The SMILES string of the molecule is CS(=O)(=O)CCNCCCCc1ccc2ncnc(Nc3ccc4c(cnn4Cc4ccccc4)c3)c2c1. The van der Waals surface area contributed by atoms with E-state index in [1.807, 2.05) is 35.1 Å². The molecule has 2 heterocycles. The van der Waals surface area contributed by atoms with Gasteiger partial charge in [0.15, 0.2) is 0 Å². The Morgan fingerprint density at radius 2 is 1.76 bits per heavy atom. The Balaban J connectivity index is 1.24. The predicted octanol–water partition coefficient (Wildman–Crippen LogP) is 4.73. The molecular formula is C29H32N6O2S. The number of unbranched alkanes of at least 4 members (excludes halogenated alkanes) is 1. The zero-order chi connectivity index (χ0) is 26.4. The van der Waals surface area contributed by atoms with Crippen molar-refractivity contribution in [3.63, 3.8) is 0 Å². The van der Waals surface area contributed by atoms with Crippen LogP contribution in [0.15, 0.2) is 79.3 Å². The number of anilines is 2. The highest BCUT2D eigenvalue weighted by Crippen LogP contribution is 2.27. The molecule has 0 aliphatic carbocycles. The third kappa shape index (κ3) is 6.73. The Morgan fingerprint density at radius 1 is 0.895 bits per heavy atom. The molecule has 38 heavy (non-hydrogen) atoms. The molecule has 0 spiro atoms. The molecule has 0 unspecified atom stereocenters. The molecule has 2 N–H and O–H groups in total. The number of rotatable bonds is 12. The first kappa shape index (κ1) is 25.8. The quantitative estimate of drug-likeness (QED) is 0.226. The Hall–Kier alpha value is -3.82. The van der Waals surface area contributed by atoms with Crippen LogP contribution >= 0.6 is 0 Å². The fourth-order valence-corrected chi connectivity index (χ4v) is 5.02. The van der Waals surface area contributed by atoms with Crippen LogP contribution in [0.1, 0.15) is 24.0 Å². The number of benzene rings is 3. The molecule has 9 heteroatoms. The van der Waals surface area contributed by atoms with Gasteiger partial charge in [-0.25, -0.2) is 18.4 Å². The summed E-state index contributed by atoms with van der Waals surface area (Å²) in [6.45, 7) is 2.04. The van der Waals surface area contributed by atoms with Crippen molar-refractivity contribution in [3.05, 3.63) is 90.4 Å². The smallest absolute Gasteiger partial charge is 0.148 e. The number of nitrogens with one attached hydrogen (secondary N) is 2. The molecule has 0 bridgehead atoms. The Kier molecular flexibility index (Phi) is 7.95. The molecule has 0 fully saturated rings. The lowest BCUT2D eigenvalue weighted by Crippen LogP contribution is -2.23. The van der Waals surface area contributed by atoms with Crippen LogP contribution in [0.2, 0.25) is 0 Å². The van der Waals surface area contributed by atoms with Gasteiger partial charge in [-0.05, 0) is 67.3 Å². The zero-order valence-corrected chi connectivity index (χ0v) is 22.3. The largest absolute Gasteiger partial charge is 0.340 e. The maximum Gasteiger partial charge on any atom is 0.148 e. The normalized spacial score (nSPS) is 11.8. The minimum atomic E-state index is -2.91. The van der Waals surface area contributed by atoms with E-state index in [4.69, 9.17) is 0 Å². The number of hydrogen-bond donors (Lipinski definition) is 2. The minimum Gasteiger partial charge on any atom is -0.340 e. The van der Waals surface area contributed by atoms with Gasteiger partial charge in [0, 0.05) is 29.3 Å². The van der Waals surface area contributed by atoms with E-state index >= 15 is 0 Å². The van der Waals surface area contributed by atoms with Crippen molar-refractivity contribution < 1.29 is 8.42 Å². The molecule has 0 amide bonds. The molecule has 196 valence electrons. The first-order chi connectivity index (χ1) is 18.4. The Labute approximate surface area is 223 Å². The molecule has 0 atom stereocenters. The summed E-state index contributed by atoms with van der Waals surface area (Å²) in [7, 11) is -2.91. The van der Waals surface area contributed by atoms with E-state index in [0.717, 1.165) is 65.7 Å². The predicted molar refractivity (Wildman–Crippen MR) is 154 cm³/mol. The number of aromatic nitrogens is 4. The van der Waals surface area contributed by atoms with Gasteiger partial charge in [-0.3, -0.25) is 4.68 Å². The van der Waals surface area contributed by atoms with Gasteiger partial charge in [0.25, 0.3) is 0 Å². The molecule has 8 nitrogen and oxygen atoms in total. The second-order valence-corrected chi connectivity index (χ2v) is 11.9. The molecule has 5 rings (SSSR count). The molecule has 5 aromatic rings. The summed E-state index contributed by atoms with van der Waals surface area (Å²) in [4.78, 5) is 8.98. The first-order valence-corrected chi connectivity index (χ1v) is 14.9. The fourth-order valence-electron chi connectivity index (χ4n) is 4.50. The summed E-state index contributed by atoms with van der Waals surface area (Å²) in [5, 5.41) is 13.3. The molecule has 2 aromatic heterocycles. The Morgan fingerprint density at radius 3 is 2.61 bits per heavy atom. The van der Waals surface area contributed by atoms with Crippen LogP contribution in [-0.4, -0.2) is 53.3 Å². The van der Waals surface area contributed by atoms with E-state index in [2.05, 4.69) is 68.2 Å². The van der Waals surface area contributed by atoms with Gasteiger partial charge in [-0.1, -0.05) is 36.4 Å². The van der Waals surface area contributed by atoms with Gasteiger partial charge in [-0.2, -0.15) is 5.10 Å². The van der Waals surface area contributed by atoms with Gasteiger partial charge in [0.2, 0.25) is 0 Å². The lowest BCUT2D eigenvalue weighted by atomic mass is 10.1. The Bertz CT molecular complexity index is 1630. The minimum absolute atomic E-state index is 0.177. The van der Waals surface area contributed by atoms with Crippen molar-refractivity contribution in [2.45, 2.75) is 25.8 Å². The maximum atomic E-state index is 11.2. The van der Waals surface area contributed by atoms with E-state index in [0.29, 0.717) is 6.54 Å². The van der Waals surface area contributed by atoms with Crippen LogP contribution in [0.5, 0.6) is 0 Å². The maximum absolute atomic E-state index is 11.2. The number of hydrogen-bond acceptors (Lipinski definition) is 7. The molecule has 0 aliphatic rings. The van der Waals surface area contributed by atoms with Crippen LogP contribution in [0.3, 0.4) is 0 Å². The highest BCUT2D eigenvalue weighted by molar-refractivity contribution is 7.90. The third-order valence-corrected chi connectivity index (χ3v) is 7.44. The van der Waals surface area contributed by atoms with Gasteiger partial charge < -0.3 is 10.6 Å². The number of fused-ring (bicyclic) bond motifs is 2. The van der Waals surface area contributed by atoms with Crippen molar-refractivity contribution in [1.29, 1.82) is 0 Å². The number of aryl methyl sites for hydroxylation is 1. The van der Waals surface area contributed by atoms with Crippen molar-refractivity contribution >= 4 is 43.1 Å². The molecule has 0 aliphatic heterocycles. The van der Waals surface area contributed by atoms with Gasteiger partial charge in [0.05, 0.1) is 29.5 Å². The molecular weight excluding hydrogens is 496 g/mol. The third-order valence-electron chi connectivity index (χ3n) is 6.50. The topological polar surface area (TPSA) is 102 Å². The average molecular weight is 529 g/mol. The van der Waals surface area contributed by atoms with Crippen molar-refractivity contribution in [3.8, 4) is 0 Å². The van der Waals surface area contributed by atoms with Crippen LogP contribution in [0.25, 0.3) is 21.8 Å². The van der Waals surface area contributed by atoms with Gasteiger partial charge >= 0.3 is 0 Å². The highest BCUT2D eigenvalue weighted by atomic mass is 32.2. The molecule has 3 aromatic carbocycles. The first-order valence-electron chi connectivity index (χ1n) is 12.8. The molecule has 0 saturated heterocycles. The van der Waals surface area contributed by atoms with E-state index in [-0.39, 0.29) is 5.75 Å². The van der Waals surface area contributed by atoms with E-state index in [1.54, 1.807) is 6.33 Å². The van der Waals surface area contributed by atoms with Crippen LogP contribution in [0.4, 0.5) is 11.5 Å². The van der Waals surface area contributed by atoms with Crippen molar-refractivity contribution in [2.75, 3.05) is 30.4 Å². The number of nitrogens with zero attached hydrogens (tertiary/aromatic N) is 4. The summed E-state index contributed by atoms with van der Waals surface area (Å²) < 4.78 is 24.4. The summed E-state index contributed by atoms with van der Waals surface area (Å²) >= 11 is 0. The van der Waals surface area contributed by atoms with Gasteiger partial charge in [0.1, 0.15) is 22.0 Å². The summed E-state index contributed by atoms with van der Waals surface area (Å²) in [5.74, 6) is 0.950. The van der Waals surface area contributed by atoms with Crippen LogP contribution < -0.4 is 10.6 Å². The highest BCUT2D eigenvalue weighted by Gasteiger charge is 2.09. The van der Waals surface area contributed by atoms with Gasteiger partial charge in [-0.15, -0.1) is 0 Å². The van der Waals surface area contributed by atoms with Crippen LogP contribution in [0, 0.1) is 0 Å².